The summed E-state index contributed by atoms with van der Waals surface area (Å²) < 4.78 is 11.0. The second kappa shape index (κ2) is 9.26. The summed E-state index contributed by atoms with van der Waals surface area (Å²) in [6.45, 7) is 3.86. The number of ketones is 1. The molecule has 4 aromatic rings. The zero-order chi connectivity index (χ0) is 25.4. The van der Waals surface area contributed by atoms with Crippen molar-refractivity contribution in [3.8, 4) is 11.5 Å². The van der Waals surface area contributed by atoms with E-state index < -0.39 is 17.7 Å². The van der Waals surface area contributed by atoms with Crippen LogP contribution in [0.15, 0.2) is 84.6 Å². The van der Waals surface area contributed by atoms with Crippen LogP contribution in [0.3, 0.4) is 0 Å². The number of anilines is 1. The number of aromatic amines is 1. The van der Waals surface area contributed by atoms with E-state index in [-0.39, 0.29) is 17.4 Å². The van der Waals surface area contributed by atoms with Crippen molar-refractivity contribution in [2.45, 2.75) is 26.0 Å². The molecule has 1 atom stereocenters. The third-order valence-corrected chi connectivity index (χ3v) is 6.21. The quantitative estimate of drug-likeness (QED) is 0.212. The number of rotatable bonds is 6. The van der Waals surface area contributed by atoms with E-state index in [0.29, 0.717) is 28.3 Å². The number of hydrogen-bond acceptors (Lipinski definition) is 5. The van der Waals surface area contributed by atoms with Gasteiger partial charge >= 0.3 is 0 Å². The average Bonchev–Trinajstić information content (AvgIpc) is 3.43. The Balaban J connectivity index is 1.67. The zero-order valence-corrected chi connectivity index (χ0v) is 20.2. The van der Waals surface area contributed by atoms with Gasteiger partial charge in [-0.15, -0.1) is 0 Å². The summed E-state index contributed by atoms with van der Waals surface area (Å²) in [4.78, 5) is 31.3. The number of aliphatic hydroxyl groups excluding tert-OH is 1. The third kappa shape index (κ3) is 3.98. The first-order valence-electron chi connectivity index (χ1n) is 11.7. The Labute approximate surface area is 208 Å². The SMILES string of the molecule is COc1ccc(C2/C(=C(/O)c3c[nH]c4ccccc34)C(=O)C(=O)N2c2ccc(OC(C)C)cc2)cc1. The molecule has 0 aliphatic carbocycles. The molecule has 1 aliphatic rings. The highest BCUT2D eigenvalue weighted by Crippen LogP contribution is 2.43. The van der Waals surface area contributed by atoms with E-state index in [1.807, 2.05) is 38.1 Å². The number of fused-ring (bicyclic) bond motifs is 1. The van der Waals surface area contributed by atoms with Crippen molar-refractivity contribution in [2.24, 2.45) is 0 Å². The van der Waals surface area contributed by atoms with Crippen LogP contribution in [0, 0.1) is 0 Å². The molecule has 3 aromatic carbocycles. The van der Waals surface area contributed by atoms with E-state index in [1.54, 1.807) is 61.8 Å². The number of hydrogen-bond donors (Lipinski definition) is 2. The van der Waals surface area contributed by atoms with E-state index >= 15 is 0 Å². The van der Waals surface area contributed by atoms with Gasteiger partial charge in [-0.1, -0.05) is 30.3 Å². The molecule has 1 unspecified atom stereocenters. The minimum absolute atomic E-state index is 0.000510. The number of ether oxygens (including phenoxy) is 2. The Hall–Kier alpha value is -4.52. The van der Waals surface area contributed by atoms with Gasteiger partial charge in [-0.3, -0.25) is 14.5 Å². The van der Waals surface area contributed by atoms with Crippen LogP contribution in [0.5, 0.6) is 11.5 Å². The standard InChI is InChI=1S/C29H26N2O5/c1-17(2)36-21-14-10-19(11-15-21)31-26(18-8-12-20(35-3)13-9-18)25(28(33)29(31)34)27(32)23-16-30-24-7-5-4-6-22(23)24/h4-17,26,30,32H,1-3H3/b27-25-. The molecule has 0 radical (unpaired) electrons. The zero-order valence-electron chi connectivity index (χ0n) is 20.2. The van der Waals surface area contributed by atoms with Crippen molar-refractivity contribution >= 4 is 34.0 Å². The fraction of sp³-hybridized carbons (Fsp3) is 0.172. The lowest BCUT2D eigenvalue weighted by molar-refractivity contribution is -0.132. The molecule has 2 N–H and O–H groups in total. The lowest BCUT2D eigenvalue weighted by Gasteiger charge is -2.26. The molecule has 1 amide bonds. The first-order chi connectivity index (χ1) is 17.4. The number of aromatic nitrogens is 1. The molecule has 7 nitrogen and oxygen atoms in total. The van der Waals surface area contributed by atoms with Crippen molar-refractivity contribution in [2.75, 3.05) is 12.0 Å². The summed E-state index contributed by atoms with van der Waals surface area (Å²) in [6, 6.07) is 20.8. The summed E-state index contributed by atoms with van der Waals surface area (Å²) in [5.41, 5.74) is 2.49. The lowest BCUT2D eigenvalue weighted by atomic mass is 9.95. The number of benzene rings is 3. The van der Waals surface area contributed by atoms with Crippen molar-refractivity contribution in [3.63, 3.8) is 0 Å². The minimum Gasteiger partial charge on any atom is -0.507 e. The number of nitrogens with zero attached hydrogens (tertiary/aromatic N) is 1. The summed E-state index contributed by atoms with van der Waals surface area (Å²) in [5.74, 6) is -0.391. The molecule has 182 valence electrons. The van der Waals surface area contributed by atoms with Crippen molar-refractivity contribution in [3.05, 3.63) is 95.7 Å². The molecule has 0 spiro atoms. The second-order valence-corrected chi connectivity index (χ2v) is 8.85. The normalized spacial score (nSPS) is 17.2. The topological polar surface area (TPSA) is 91.9 Å². The molecule has 0 saturated carbocycles. The van der Waals surface area contributed by atoms with Gasteiger partial charge in [-0.05, 0) is 61.9 Å². The molecular formula is C29H26N2O5. The summed E-state index contributed by atoms with van der Waals surface area (Å²) in [5, 5.41) is 12.2. The van der Waals surface area contributed by atoms with Crippen LogP contribution >= 0.6 is 0 Å². The van der Waals surface area contributed by atoms with Gasteiger partial charge < -0.3 is 19.6 Å². The highest BCUT2D eigenvalue weighted by Gasteiger charge is 2.47. The van der Waals surface area contributed by atoms with Gasteiger partial charge in [0.1, 0.15) is 17.3 Å². The first kappa shape index (κ1) is 23.2. The predicted molar refractivity (Wildman–Crippen MR) is 138 cm³/mol. The lowest BCUT2D eigenvalue weighted by Crippen LogP contribution is -2.29. The van der Waals surface area contributed by atoms with Crippen molar-refractivity contribution in [1.82, 2.24) is 4.98 Å². The number of aliphatic hydroxyl groups is 1. The molecule has 2 heterocycles. The van der Waals surface area contributed by atoms with Gasteiger partial charge in [0.25, 0.3) is 11.7 Å². The Kier molecular flexibility index (Phi) is 5.98. The van der Waals surface area contributed by atoms with Gasteiger partial charge in [0.15, 0.2) is 0 Å². The van der Waals surface area contributed by atoms with Gasteiger partial charge in [-0.2, -0.15) is 0 Å². The Morgan fingerprint density at radius 2 is 1.61 bits per heavy atom. The Bertz CT molecular complexity index is 1470. The van der Waals surface area contributed by atoms with E-state index in [4.69, 9.17) is 9.47 Å². The maximum absolute atomic E-state index is 13.4. The molecule has 5 rings (SSSR count). The van der Waals surface area contributed by atoms with Gasteiger partial charge in [-0.25, -0.2) is 0 Å². The number of nitrogens with one attached hydrogen (secondary N) is 1. The van der Waals surface area contributed by atoms with Crippen LogP contribution in [0.1, 0.15) is 31.0 Å². The molecule has 1 saturated heterocycles. The van der Waals surface area contributed by atoms with E-state index in [1.165, 1.54) is 4.90 Å². The molecule has 7 heteroatoms. The second-order valence-electron chi connectivity index (χ2n) is 8.85. The first-order valence-corrected chi connectivity index (χ1v) is 11.7. The van der Waals surface area contributed by atoms with Gasteiger partial charge in [0, 0.05) is 28.4 Å². The van der Waals surface area contributed by atoms with Crippen molar-refractivity contribution < 1.29 is 24.2 Å². The average molecular weight is 483 g/mol. The maximum Gasteiger partial charge on any atom is 0.300 e. The van der Waals surface area contributed by atoms with E-state index in [2.05, 4.69) is 4.98 Å². The van der Waals surface area contributed by atoms with E-state index in [0.717, 1.165) is 10.9 Å². The fourth-order valence-electron chi connectivity index (χ4n) is 4.57. The van der Waals surface area contributed by atoms with Crippen LogP contribution in [0.4, 0.5) is 5.69 Å². The molecule has 0 bridgehead atoms. The molecule has 1 aliphatic heterocycles. The summed E-state index contributed by atoms with van der Waals surface area (Å²) in [7, 11) is 1.57. The smallest absolute Gasteiger partial charge is 0.300 e. The number of carbonyl (C=O) groups is 2. The molecule has 1 fully saturated rings. The number of para-hydroxylation sites is 1. The van der Waals surface area contributed by atoms with Gasteiger partial charge in [0.05, 0.1) is 24.8 Å². The molecule has 36 heavy (non-hydrogen) atoms. The van der Waals surface area contributed by atoms with E-state index in [9.17, 15) is 14.7 Å². The van der Waals surface area contributed by atoms with Crippen LogP contribution in [0.2, 0.25) is 0 Å². The van der Waals surface area contributed by atoms with Crippen LogP contribution in [0.25, 0.3) is 16.7 Å². The third-order valence-electron chi connectivity index (χ3n) is 6.21. The number of amides is 1. The number of Topliss-reactive ketones (excluding diaryl/α,β-unsaturated/α-hetero) is 1. The number of carbonyl (C=O) groups excluding carboxylic acids is 2. The number of methoxy groups -OCH3 is 1. The fourth-order valence-corrected chi connectivity index (χ4v) is 4.57. The van der Waals surface area contributed by atoms with Crippen LogP contribution < -0.4 is 14.4 Å². The van der Waals surface area contributed by atoms with Gasteiger partial charge in [0.2, 0.25) is 0 Å². The summed E-state index contributed by atoms with van der Waals surface area (Å²) >= 11 is 0. The maximum atomic E-state index is 13.4. The van der Waals surface area contributed by atoms with Crippen molar-refractivity contribution in [1.29, 1.82) is 0 Å². The largest absolute Gasteiger partial charge is 0.507 e. The Morgan fingerprint density at radius 3 is 2.28 bits per heavy atom. The monoisotopic (exact) mass is 482 g/mol. The Morgan fingerprint density at radius 1 is 0.944 bits per heavy atom. The highest BCUT2D eigenvalue weighted by atomic mass is 16.5. The highest BCUT2D eigenvalue weighted by molar-refractivity contribution is 6.51. The molecule has 1 aromatic heterocycles. The summed E-state index contributed by atoms with van der Waals surface area (Å²) in [6.07, 6.45) is 1.65. The number of H-pyrrole nitrogens is 1. The van der Waals surface area contributed by atoms with Crippen LogP contribution in [-0.2, 0) is 9.59 Å². The van der Waals surface area contributed by atoms with Crippen LogP contribution in [-0.4, -0.2) is 35.0 Å². The predicted octanol–water partition coefficient (Wildman–Crippen LogP) is 5.59. The minimum atomic E-state index is -0.832. The molecular weight excluding hydrogens is 456 g/mol.